The van der Waals surface area contributed by atoms with E-state index in [0.29, 0.717) is 5.56 Å². The van der Waals surface area contributed by atoms with Gasteiger partial charge in [-0.25, -0.2) is 0 Å². The van der Waals surface area contributed by atoms with E-state index in [1.54, 1.807) is 6.20 Å². The fourth-order valence-corrected chi connectivity index (χ4v) is 5.57. The van der Waals surface area contributed by atoms with Crippen LogP contribution >= 0.6 is 11.8 Å². The van der Waals surface area contributed by atoms with Crippen LogP contribution in [-0.2, 0) is 6.54 Å². The van der Waals surface area contributed by atoms with E-state index in [2.05, 4.69) is 87.8 Å². The number of aryl methyl sites for hydroxylation is 2. The van der Waals surface area contributed by atoms with Crippen LogP contribution in [-0.4, -0.2) is 39.5 Å². The standard InChI is InChI=1S/C29H29N5S/c1-20-25-10-11-31-28(25)9-8-27(20)33-29-24(17-30)18-32-21(2)26(29)7-6-22-4-3-5-23(16-22)19-34-12-14-35-15-13-34/h3-11,16,18,31H,12-15,19H2,1-2H3,(H,32,33). The van der Waals surface area contributed by atoms with Crippen LogP contribution in [0, 0.1) is 25.2 Å². The van der Waals surface area contributed by atoms with Gasteiger partial charge in [-0.15, -0.1) is 0 Å². The highest BCUT2D eigenvalue weighted by Gasteiger charge is 2.14. The summed E-state index contributed by atoms with van der Waals surface area (Å²) in [5.74, 6) is 2.43. The van der Waals surface area contributed by atoms with Crippen molar-refractivity contribution in [2.45, 2.75) is 20.4 Å². The molecule has 3 heterocycles. The van der Waals surface area contributed by atoms with Crippen molar-refractivity contribution in [3.63, 3.8) is 0 Å². The third-order valence-corrected chi connectivity index (χ3v) is 7.55. The number of nitriles is 1. The van der Waals surface area contributed by atoms with Gasteiger partial charge in [-0.05, 0) is 48.7 Å². The van der Waals surface area contributed by atoms with E-state index in [9.17, 15) is 5.26 Å². The van der Waals surface area contributed by atoms with Crippen LogP contribution in [0.25, 0.3) is 23.1 Å². The molecule has 2 aromatic carbocycles. The summed E-state index contributed by atoms with van der Waals surface area (Å²) in [7, 11) is 0. The van der Waals surface area contributed by atoms with E-state index in [1.807, 2.05) is 24.9 Å². The Morgan fingerprint density at radius 1 is 1.14 bits per heavy atom. The average molecular weight is 480 g/mol. The molecular formula is C29H29N5S. The number of aromatic nitrogens is 2. The number of nitrogens with one attached hydrogen (secondary N) is 2. The van der Waals surface area contributed by atoms with Crippen molar-refractivity contribution < 1.29 is 0 Å². The van der Waals surface area contributed by atoms with Crippen molar-refractivity contribution >= 4 is 46.2 Å². The molecule has 2 N–H and O–H groups in total. The van der Waals surface area contributed by atoms with Gasteiger partial charge in [0.2, 0.25) is 0 Å². The summed E-state index contributed by atoms with van der Waals surface area (Å²) in [5.41, 5.74) is 8.82. The molecule has 0 aliphatic carbocycles. The van der Waals surface area contributed by atoms with Gasteiger partial charge in [-0.3, -0.25) is 9.88 Å². The average Bonchev–Trinajstić information content (AvgIpc) is 3.36. The molecule has 35 heavy (non-hydrogen) atoms. The number of pyridine rings is 1. The minimum Gasteiger partial charge on any atom is -0.361 e. The van der Waals surface area contributed by atoms with Gasteiger partial charge in [0.1, 0.15) is 6.07 Å². The lowest BCUT2D eigenvalue weighted by Crippen LogP contribution is -2.31. The number of fused-ring (bicyclic) bond motifs is 1. The molecule has 1 fully saturated rings. The molecule has 5 nitrogen and oxygen atoms in total. The van der Waals surface area contributed by atoms with Crippen LogP contribution in [0.5, 0.6) is 0 Å². The Kier molecular flexibility index (Phi) is 6.89. The summed E-state index contributed by atoms with van der Waals surface area (Å²) in [6.45, 7) is 7.37. The minimum atomic E-state index is 0.528. The second kappa shape index (κ2) is 10.4. The van der Waals surface area contributed by atoms with Crippen LogP contribution in [0.2, 0.25) is 0 Å². The summed E-state index contributed by atoms with van der Waals surface area (Å²) in [6.07, 6.45) is 7.79. The van der Waals surface area contributed by atoms with Gasteiger partial charge in [0.25, 0.3) is 0 Å². The van der Waals surface area contributed by atoms with E-state index in [4.69, 9.17) is 0 Å². The van der Waals surface area contributed by atoms with Crippen molar-refractivity contribution in [1.29, 1.82) is 5.26 Å². The lowest BCUT2D eigenvalue weighted by Gasteiger charge is -2.26. The number of thioether (sulfide) groups is 1. The molecule has 0 atom stereocenters. The van der Waals surface area contributed by atoms with Crippen LogP contribution in [0.3, 0.4) is 0 Å². The van der Waals surface area contributed by atoms with Crippen molar-refractivity contribution in [2.75, 3.05) is 29.9 Å². The number of hydrogen-bond acceptors (Lipinski definition) is 5. The highest BCUT2D eigenvalue weighted by atomic mass is 32.2. The third-order valence-electron chi connectivity index (χ3n) is 6.60. The monoisotopic (exact) mass is 479 g/mol. The maximum Gasteiger partial charge on any atom is 0.103 e. The lowest BCUT2D eigenvalue weighted by atomic mass is 10.0. The number of hydrogen-bond donors (Lipinski definition) is 2. The van der Waals surface area contributed by atoms with Gasteiger partial charge in [0.15, 0.2) is 0 Å². The van der Waals surface area contributed by atoms with E-state index >= 15 is 0 Å². The molecule has 5 rings (SSSR count). The summed E-state index contributed by atoms with van der Waals surface area (Å²) in [5, 5.41) is 14.5. The zero-order valence-corrected chi connectivity index (χ0v) is 21.0. The van der Waals surface area contributed by atoms with Crippen molar-refractivity contribution in [3.8, 4) is 6.07 Å². The van der Waals surface area contributed by atoms with Gasteiger partial charge >= 0.3 is 0 Å². The molecule has 0 amide bonds. The Hall–Kier alpha value is -3.53. The maximum atomic E-state index is 9.83. The first-order valence-corrected chi connectivity index (χ1v) is 13.1. The topological polar surface area (TPSA) is 67.7 Å². The van der Waals surface area contributed by atoms with Gasteiger partial charge < -0.3 is 10.3 Å². The summed E-state index contributed by atoms with van der Waals surface area (Å²) < 4.78 is 0. The third kappa shape index (κ3) is 5.12. The molecule has 0 unspecified atom stereocenters. The van der Waals surface area contributed by atoms with Crippen LogP contribution < -0.4 is 5.32 Å². The highest BCUT2D eigenvalue weighted by Crippen LogP contribution is 2.32. The second-order valence-corrected chi connectivity index (χ2v) is 10.2. The highest BCUT2D eigenvalue weighted by molar-refractivity contribution is 7.99. The summed E-state index contributed by atoms with van der Waals surface area (Å²) in [4.78, 5) is 10.3. The minimum absolute atomic E-state index is 0.528. The van der Waals surface area contributed by atoms with Gasteiger partial charge in [0.05, 0.1) is 11.3 Å². The molecule has 0 saturated carbocycles. The van der Waals surface area contributed by atoms with Crippen molar-refractivity contribution in [1.82, 2.24) is 14.9 Å². The van der Waals surface area contributed by atoms with Crippen molar-refractivity contribution in [2.24, 2.45) is 0 Å². The zero-order valence-electron chi connectivity index (χ0n) is 20.1. The molecule has 1 aliphatic rings. The van der Waals surface area contributed by atoms with E-state index in [0.717, 1.165) is 58.9 Å². The maximum absolute atomic E-state index is 9.83. The number of aromatic amines is 1. The first kappa shape index (κ1) is 23.2. The smallest absolute Gasteiger partial charge is 0.103 e. The van der Waals surface area contributed by atoms with Gasteiger partial charge in [-0.2, -0.15) is 17.0 Å². The molecule has 0 bridgehead atoms. The quantitative estimate of drug-likeness (QED) is 0.330. The van der Waals surface area contributed by atoms with Gasteiger partial charge in [0, 0.05) is 71.4 Å². The second-order valence-electron chi connectivity index (χ2n) is 8.93. The van der Waals surface area contributed by atoms with Crippen LogP contribution in [0.4, 0.5) is 11.4 Å². The Morgan fingerprint density at radius 2 is 2.00 bits per heavy atom. The first-order chi connectivity index (χ1) is 17.1. The fraction of sp³-hybridized carbons (Fsp3) is 0.241. The molecule has 0 radical (unpaired) electrons. The Morgan fingerprint density at radius 3 is 2.83 bits per heavy atom. The first-order valence-electron chi connectivity index (χ1n) is 11.9. The number of benzene rings is 2. The van der Waals surface area contributed by atoms with Crippen LogP contribution in [0.15, 0.2) is 54.9 Å². The lowest BCUT2D eigenvalue weighted by molar-refractivity contribution is 0.294. The van der Waals surface area contributed by atoms with E-state index < -0.39 is 0 Å². The molecule has 1 aliphatic heterocycles. The van der Waals surface area contributed by atoms with E-state index in [-0.39, 0.29) is 0 Å². The molecule has 4 aromatic rings. The Labute approximate surface area is 210 Å². The molecule has 6 heteroatoms. The molecule has 2 aromatic heterocycles. The molecule has 1 saturated heterocycles. The number of nitrogens with zero attached hydrogens (tertiary/aromatic N) is 3. The van der Waals surface area contributed by atoms with E-state index in [1.165, 1.54) is 22.5 Å². The summed E-state index contributed by atoms with van der Waals surface area (Å²) in [6, 6.07) is 17.2. The Balaban J connectivity index is 1.45. The molecule has 176 valence electrons. The fourth-order valence-electron chi connectivity index (χ4n) is 4.59. The van der Waals surface area contributed by atoms with Crippen molar-refractivity contribution in [3.05, 3.63) is 88.4 Å². The number of H-pyrrole nitrogens is 1. The van der Waals surface area contributed by atoms with Gasteiger partial charge in [-0.1, -0.05) is 36.4 Å². The Bertz CT molecular complexity index is 1420. The predicted octanol–water partition coefficient (Wildman–Crippen LogP) is 6.51. The van der Waals surface area contributed by atoms with Crippen LogP contribution in [0.1, 0.15) is 33.5 Å². The normalized spacial score (nSPS) is 14.4. The SMILES string of the molecule is Cc1ncc(C#N)c(Nc2ccc3[nH]ccc3c2C)c1C=Cc1cccc(CN2CCSCC2)c1. The molecular weight excluding hydrogens is 450 g/mol. The zero-order chi connectivity index (χ0) is 24.2. The predicted molar refractivity (Wildman–Crippen MR) is 148 cm³/mol. The number of rotatable bonds is 6. The number of anilines is 2. The summed E-state index contributed by atoms with van der Waals surface area (Å²) >= 11 is 2.04. The molecule has 0 spiro atoms. The largest absolute Gasteiger partial charge is 0.361 e.